The Labute approximate surface area is 159 Å². The maximum absolute atomic E-state index is 13.9. The Hall–Kier alpha value is -3.10. The number of amides is 2. The largest absolute Gasteiger partial charge is 0.433 e. The lowest BCUT2D eigenvalue weighted by Gasteiger charge is -2.14. The molecule has 2 aromatic rings. The average Bonchev–Trinajstić information content (AvgIpc) is 3.46. The highest BCUT2D eigenvalue weighted by atomic mass is 19.3. The van der Waals surface area contributed by atoms with Crippen LogP contribution in [0, 0.1) is 11.7 Å². The number of carbonyl (C=O) groups is 2. The molecule has 2 N–H and O–H groups in total. The molecule has 0 unspecified atom stereocenters. The highest BCUT2D eigenvalue weighted by molar-refractivity contribution is 5.97. The van der Waals surface area contributed by atoms with Gasteiger partial charge in [-0.1, -0.05) is 0 Å². The Morgan fingerprint density at radius 1 is 1.25 bits per heavy atom. The summed E-state index contributed by atoms with van der Waals surface area (Å²) in [5.74, 6) is -1.32. The number of halogens is 3. The standard InChI is InChI=1S/C19H18F3N3O3/c1-19(21,22)28-14-4-5-15(20)13(8-14)10-24-17(26)12-6-7-23-16(9-12)25-18(27)11-2-3-11/h4-9,11H,2-3,10H2,1H3,(H,24,26)(H,23,25,27). The first kappa shape index (κ1) is 19.7. The molecule has 0 radical (unpaired) electrons. The number of rotatable bonds is 7. The zero-order chi connectivity index (χ0) is 20.3. The van der Waals surface area contributed by atoms with Crippen LogP contribution < -0.4 is 15.4 Å². The lowest BCUT2D eigenvalue weighted by Crippen LogP contribution is -2.24. The average molecular weight is 393 g/mol. The minimum atomic E-state index is -3.41. The quantitative estimate of drug-likeness (QED) is 0.755. The van der Waals surface area contributed by atoms with Crippen molar-refractivity contribution in [2.75, 3.05) is 5.32 Å². The highest BCUT2D eigenvalue weighted by Crippen LogP contribution is 2.30. The monoisotopic (exact) mass is 393 g/mol. The van der Waals surface area contributed by atoms with Crippen LogP contribution in [-0.2, 0) is 11.3 Å². The lowest BCUT2D eigenvalue weighted by atomic mass is 10.2. The van der Waals surface area contributed by atoms with Crippen molar-refractivity contribution in [1.82, 2.24) is 10.3 Å². The van der Waals surface area contributed by atoms with E-state index in [1.165, 1.54) is 18.3 Å². The first-order chi connectivity index (χ1) is 13.2. The van der Waals surface area contributed by atoms with Gasteiger partial charge < -0.3 is 15.4 Å². The third-order valence-electron chi connectivity index (χ3n) is 3.98. The Balaban J connectivity index is 1.63. The first-order valence-corrected chi connectivity index (χ1v) is 8.61. The third-order valence-corrected chi connectivity index (χ3v) is 3.98. The van der Waals surface area contributed by atoms with Crippen molar-refractivity contribution in [1.29, 1.82) is 0 Å². The number of aromatic nitrogens is 1. The van der Waals surface area contributed by atoms with Gasteiger partial charge in [0.25, 0.3) is 5.91 Å². The van der Waals surface area contributed by atoms with Crippen LogP contribution in [0.2, 0.25) is 0 Å². The van der Waals surface area contributed by atoms with E-state index in [1.807, 2.05) is 0 Å². The van der Waals surface area contributed by atoms with Crippen LogP contribution in [-0.4, -0.2) is 22.9 Å². The zero-order valence-corrected chi connectivity index (χ0v) is 15.0. The topological polar surface area (TPSA) is 80.3 Å². The summed E-state index contributed by atoms with van der Waals surface area (Å²) in [6, 6.07) is 6.01. The summed E-state index contributed by atoms with van der Waals surface area (Å²) >= 11 is 0. The van der Waals surface area contributed by atoms with Crippen molar-refractivity contribution in [3.63, 3.8) is 0 Å². The molecule has 1 aliphatic rings. The maximum Gasteiger partial charge on any atom is 0.394 e. The maximum atomic E-state index is 13.9. The molecule has 1 aromatic heterocycles. The van der Waals surface area contributed by atoms with E-state index in [-0.39, 0.29) is 41.1 Å². The molecule has 6 nitrogen and oxygen atoms in total. The molecule has 1 aliphatic carbocycles. The van der Waals surface area contributed by atoms with Crippen molar-refractivity contribution in [3.05, 3.63) is 53.5 Å². The second-order valence-electron chi connectivity index (χ2n) is 6.54. The number of nitrogens with zero attached hydrogens (tertiary/aromatic N) is 1. The fourth-order valence-electron chi connectivity index (χ4n) is 2.45. The van der Waals surface area contributed by atoms with Gasteiger partial charge in [0.2, 0.25) is 5.91 Å². The molecule has 0 saturated heterocycles. The number of alkyl halides is 2. The summed E-state index contributed by atoms with van der Waals surface area (Å²) < 4.78 is 44.2. The van der Waals surface area contributed by atoms with Gasteiger partial charge in [-0.05, 0) is 43.2 Å². The zero-order valence-electron chi connectivity index (χ0n) is 15.0. The van der Waals surface area contributed by atoms with Gasteiger partial charge in [-0.25, -0.2) is 9.37 Å². The highest BCUT2D eigenvalue weighted by Gasteiger charge is 2.29. The van der Waals surface area contributed by atoms with Crippen LogP contribution in [0.4, 0.5) is 19.0 Å². The molecule has 0 aliphatic heterocycles. The van der Waals surface area contributed by atoms with Gasteiger partial charge in [0.1, 0.15) is 17.4 Å². The van der Waals surface area contributed by atoms with Crippen molar-refractivity contribution in [2.24, 2.45) is 5.92 Å². The van der Waals surface area contributed by atoms with Crippen LogP contribution in [0.1, 0.15) is 35.7 Å². The number of hydrogen-bond acceptors (Lipinski definition) is 4. The van der Waals surface area contributed by atoms with Gasteiger partial charge in [-0.3, -0.25) is 9.59 Å². The molecular weight excluding hydrogens is 375 g/mol. The number of hydrogen-bond donors (Lipinski definition) is 2. The van der Waals surface area contributed by atoms with E-state index >= 15 is 0 Å². The number of benzene rings is 1. The Bertz CT molecular complexity index is 895. The van der Waals surface area contributed by atoms with E-state index in [1.54, 1.807) is 0 Å². The number of pyridine rings is 1. The third kappa shape index (κ3) is 5.45. The second-order valence-corrected chi connectivity index (χ2v) is 6.54. The molecule has 3 rings (SSSR count). The number of anilines is 1. The van der Waals surface area contributed by atoms with E-state index in [2.05, 4.69) is 20.4 Å². The van der Waals surface area contributed by atoms with Crippen LogP contribution in [0.5, 0.6) is 5.75 Å². The Morgan fingerprint density at radius 2 is 2.00 bits per heavy atom. The number of carbonyl (C=O) groups excluding carboxylic acids is 2. The van der Waals surface area contributed by atoms with Crippen molar-refractivity contribution < 1.29 is 27.5 Å². The Morgan fingerprint density at radius 3 is 2.68 bits per heavy atom. The van der Waals surface area contributed by atoms with E-state index in [0.717, 1.165) is 31.0 Å². The molecule has 1 saturated carbocycles. The van der Waals surface area contributed by atoms with Gasteiger partial charge in [-0.2, -0.15) is 8.78 Å². The van der Waals surface area contributed by atoms with Gasteiger partial charge in [-0.15, -0.1) is 0 Å². The fraction of sp³-hybridized carbons (Fsp3) is 0.316. The molecule has 9 heteroatoms. The van der Waals surface area contributed by atoms with Crippen LogP contribution >= 0.6 is 0 Å². The van der Waals surface area contributed by atoms with Gasteiger partial charge in [0.15, 0.2) is 0 Å². The molecule has 0 atom stereocenters. The smallest absolute Gasteiger partial charge is 0.394 e. The van der Waals surface area contributed by atoms with Crippen LogP contribution in [0.25, 0.3) is 0 Å². The molecular formula is C19H18F3N3O3. The van der Waals surface area contributed by atoms with Gasteiger partial charge in [0, 0.05) is 36.7 Å². The summed E-state index contributed by atoms with van der Waals surface area (Å²) in [4.78, 5) is 28.1. The van der Waals surface area contributed by atoms with Gasteiger partial charge in [0.05, 0.1) is 0 Å². The molecule has 1 fully saturated rings. The minimum Gasteiger partial charge on any atom is -0.433 e. The summed E-state index contributed by atoms with van der Waals surface area (Å²) in [7, 11) is 0. The summed E-state index contributed by atoms with van der Waals surface area (Å²) in [5, 5.41) is 5.13. The van der Waals surface area contributed by atoms with Gasteiger partial charge >= 0.3 is 6.11 Å². The predicted molar refractivity (Wildman–Crippen MR) is 94.4 cm³/mol. The van der Waals surface area contributed by atoms with E-state index in [0.29, 0.717) is 6.92 Å². The summed E-state index contributed by atoms with van der Waals surface area (Å²) in [6.45, 7) is 0.337. The predicted octanol–water partition coefficient (Wildman–Crippen LogP) is 3.49. The fourth-order valence-corrected chi connectivity index (χ4v) is 2.45. The summed E-state index contributed by atoms with van der Waals surface area (Å²) in [6.07, 6.45) is -0.360. The molecule has 2 amide bonds. The summed E-state index contributed by atoms with van der Waals surface area (Å²) in [5.41, 5.74) is 0.209. The van der Waals surface area contributed by atoms with Crippen molar-refractivity contribution in [2.45, 2.75) is 32.4 Å². The Kier molecular flexibility index (Phi) is 5.53. The lowest BCUT2D eigenvalue weighted by molar-refractivity contribution is -0.159. The normalized spacial score (nSPS) is 13.7. The molecule has 0 spiro atoms. The van der Waals surface area contributed by atoms with E-state index in [4.69, 9.17) is 0 Å². The van der Waals surface area contributed by atoms with Crippen LogP contribution in [0.3, 0.4) is 0 Å². The first-order valence-electron chi connectivity index (χ1n) is 8.61. The second kappa shape index (κ2) is 7.87. The molecule has 148 valence electrons. The molecule has 1 aromatic carbocycles. The van der Waals surface area contributed by atoms with Crippen LogP contribution in [0.15, 0.2) is 36.5 Å². The van der Waals surface area contributed by atoms with Crippen molar-refractivity contribution in [3.8, 4) is 5.75 Å². The van der Waals surface area contributed by atoms with E-state index < -0.39 is 17.8 Å². The minimum absolute atomic E-state index is 0.00717. The number of nitrogens with one attached hydrogen (secondary N) is 2. The molecule has 1 heterocycles. The molecule has 28 heavy (non-hydrogen) atoms. The van der Waals surface area contributed by atoms with E-state index in [9.17, 15) is 22.8 Å². The SMILES string of the molecule is CC(F)(F)Oc1ccc(F)c(CNC(=O)c2ccnc(NC(=O)C3CC3)c2)c1. The van der Waals surface area contributed by atoms with Crippen molar-refractivity contribution >= 4 is 17.6 Å². The number of ether oxygens (including phenoxy) is 1. The molecule has 0 bridgehead atoms.